The van der Waals surface area contributed by atoms with Crippen LogP contribution in [0.25, 0.3) is 0 Å². The van der Waals surface area contributed by atoms with E-state index in [0.29, 0.717) is 36.6 Å². The van der Waals surface area contributed by atoms with Gasteiger partial charge < -0.3 is 24.4 Å². The summed E-state index contributed by atoms with van der Waals surface area (Å²) in [6.45, 7) is 0.629. The largest absolute Gasteiger partial charge is 0.497 e. The Morgan fingerprint density at radius 2 is 1.73 bits per heavy atom. The molecule has 1 N–H and O–H groups in total. The van der Waals surface area contributed by atoms with E-state index in [1.54, 1.807) is 41.3 Å². The number of carbonyl (C=O) groups is 2. The van der Waals surface area contributed by atoms with Crippen molar-refractivity contribution in [2.24, 2.45) is 5.92 Å². The molecule has 0 saturated carbocycles. The zero-order valence-electron chi connectivity index (χ0n) is 23.0. The lowest BCUT2D eigenvalue weighted by atomic mass is 9.97. The number of nitrogens with zero attached hydrogens (tertiary/aromatic N) is 2. The molecule has 2 atom stereocenters. The quantitative estimate of drug-likeness (QED) is 0.436. The number of sulfonamides is 1. The van der Waals surface area contributed by atoms with E-state index in [1.807, 2.05) is 30.3 Å². The first kappa shape index (κ1) is 28.4. The highest BCUT2D eigenvalue weighted by Gasteiger charge is 2.40. The summed E-state index contributed by atoms with van der Waals surface area (Å²) < 4.78 is 45.3. The third kappa shape index (κ3) is 6.01. The lowest BCUT2D eigenvalue weighted by Crippen LogP contribution is -2.53. The number of ether oxygens (including phenoxy) is 3. The molecule has 11 heteroatoms. The molecule has 2 heterocycles. The number of fused-ring (bicyclic) bond motifs is 1. The third-order valence-electron chi connectivity index (χ3n) is 7.36. The van der Waals surface area contributed by atoms with Crippen LogP contribution in [0.15, 0.2) is 77.7 Å². The Hall–Kier alpha value is -4.09. The molecule has 2 aliphatic rings. The normalized spacial score (nSPS) is 19.0. The Balaban J connectivity index is 1.35. The van der Waals surface area contributed by atoms with Gasteiger partial charge in [-0.2, -0.15) is 4.31 Å². The fourth-order valence-corrected chi connectivity index (χ4v) is 6.88. The molecule has 3 aromatic rings. The number of carbonyl (C=O) groups excluding carboxylic acids is 2. The smallest absolute Gasteiger partial charge is 0.263 e. The molecular weight excluding hydrogens is 546 g/mol. The Morgan fingerprint density at radius 1 is 0.976 bits per heavy atom. The molecule has 0 bridgehead atoms. The van der Waals surface area contributed by atoms with Gasteiger partial charge >= 0.3 is 0 Å². The van der Waals surface area contributed by atoms with Gasteiger partial charge in [-0.1, -0.05) is 42.5 Å². The Labute approximate surface area is 239 Å². The lowest BCUT2D eigenvalue weighted by Gasteiger charge is -2.38. The maximum absolute atomic E-state index is 14.0. The van der Waals surface area contributed by atoms with Gasteiger partial charge in [0.15, 0.2) is 6.10 Å². The van der Waals surface area contributed by atoms with Crippen molar-refractivity contribution in [3.8, 4) is 17.2 Å². The highest BCUT2D eigenvalue weighted by molar-refractivity contribution is 7.89. The first-order valence-electron chi connectivity index (χ1n) is 13.4. The minimum absolute atomic E-state index is 0.00588. The topological polar surface area (TPSA) is 114 Å². The number of piperidine rings is 1. The highest BCUT2D eigenvalue weighted by atomic mass is 32.2. The maximum Gasteiger partial charge on any atom is 0.263 e. The molecule has 41 heavy (non-hydrogen) atoms. The first-order valence-corrected chi connectivity index (χ1v) is 14.9. The molecular formula is C30H33N3O7S. The molecule has 3 aromatic carbocycles. The van der Waals surface area contributed by atoms with Crippen LogP contribution >= 0.6 is 0 Å². The van der Waals surface area contributed by atoms with Gasteiger partial charge in [0.25, 0.3) is 5.91 Å². The molecule has 2 aliphatic heterocycles. The van der Waals surface area contributed by atoms with Gasteiger partial charge in [0.1, 0.15) is 22.1 Å². The van der Waals surface area contributed by atoms with E-state index in [1.165, 1.54) is 24.6 Å². The van der Waals surface area contributed by atoms with Crippen LogP contribution in [0, 0.1) is 5.92 Å². The van der Waals surface area contributed by atoms with Gasteiger partial charge in [-0.25, -0.2) is 8.42 Å². The standard InChI is InChI=1S/C30H33N3O7S/c1-38-23-14-15-26(39-2)28(17-23)41(36,37)32-16-8-11-22(19-32)30(35)33-20-27(40-25-13-7-6-12-24(25)33)29(34)31-18-21-9-4-3-5-10-21/h3-7,9-10,12-15,17,22,27H,8,11,16,18-20H2,1-2H3,(H,31,34)/t22-,27+/m1/s1. The average Bonchev–Trinajstić information content (AvgIpc) is 3.02. The summed E-state index contributed by atoms with van der Waals surface area (Å²) in [4.78, 5) is 28.6. The van der Waals surface area contributed by atoms with Crippen molar-refractivity contribution in [3.63, 3.8) is 0 Å². The molecule has 1 saturated heterocycles. The number of methoxy groups -OCH3 is 2. The van der Waals surface area contributed by atoms with E-state index in [4.69, 9.17) is 14.2 Å². The average molecular weight is 580 g/mol. The fourth-order valence-electron chi connectivity index (χ4n) is 5.19. The second-order valence-corrected chi connectivity index (χ2v) is 11.9. The number of rotatable bonds is 8. The van der Waals surface area contributed by atoms with Crippen molar-refractivity contribution >= 4 is 27.5 Å². The summed E-state index contributed by atoms with van der Waals surface area (Å²) in [6.07, 6.45) is 0.112. The molecule has 5 rings (SSSR count). The van der Waals surface area contributed by atoms with Crippen LogP contribution in [-0.2, 0) is 26.2 Å². The van der Waals surface area contributed by atoms with E-state index >= 15 is 0 Å². The monoisotopic (exact) mass is 579 g/mol. The minimum Gasteiger partial charge on any atom is -0.497 e. The highest BCUT2D eigenvalue weighted by Crippen LogP contribution is 2.37. The fraction of sp³-hybridized carbons (Fsp3) is 0.333. The van der Waals surface area contributed by atoms with Gasteiger partial charge in [-0.05, 0) is 42.7 Å². The van der Waals surface area contributed by atoms with Crippen LogP contribution < -0.4 is 24.4 Å². The molecule has 0 aliphatic carbocycles. The second kappa shape index (κ2) is 12.2. The molecule has 2 amide bonds. The summed E-state index contributed by atoms with van der Waals surface area (Å²) in [5, 5.41) is 2.89. The summed E-state index contributed by atoms with van der Waals surface area (Å²) in [5.41, 5.74) is 1.50. The number of anilines is 1. The molecule has 0 unspecified atom stereocenters. The summed E-state index contributed by atoms with van der Waals surface area (Å²) in [6, 6.07) is 21.2. The zero-order valence-corrected chi connectivity index (χ0v) is 23.8. The predicted octanol–water partition coefficient (Wildman–Crippen LogP) is 3.22. The molecule has 0 aromatic heterocycles. The van der Waals surface area contributed by atoms with E-state index in [-0.39, 0.29) is 42.1 Å². The van der Waals surface area contributed by atoms with Crippen LogP contribution in [0.4, 0.5) is 5.69 Å². The lowest BCUT2D eigenvalue weighted by molar-refractivity contribution is -0.129. The first-order chi connectivity index (χ1) is 19.8. The predicted molar refractivity (Wildman–Crippen MR) is 153 cm³/mol. The molecule has 1 fully saturated rings. The van der Waals surface area contributed by atoms with E-state index in [0.717, 1.165) is 5.56 Å². The maximum atomic E-state index is 14.0. The number of hydrogen-bond acceptors (Lipinski definition) is 7. The minimum atomic E-state index is -3.98. The molecule has 0 spiro atoms. The number of amides is 2. The van der Waals surface area contributed by atoms with Gasteiger partial charge in [0, 0.05) is 25.7 Å². The third-order valence-corrected chi connectivity index (χ3v) is 9.25. The number of benzene rings is 3. The number of nitrogens with one attached hydrogen (secondary N) is 1. The van der Waals surface area contributed by atoms with Crippen molar-refractivity contribution in [1.29, 1.82) is 0 Å². The van der Waals surface area contributed by atoms with E-state index in [2.05, 4.69) is 5.32 Å². The van der Waals surface area contributed by atoms with Gasteiger partial charge in [0.05, 0.1) is 32.4 Å². The van der Waals surface area contributed by atoms with Crippen LogP contribution in [0.5, 0.6) is 17.2 Å². The SMILES string of the molecule is COc1ccc(OC)c(S(=O)(=O)N2CCC[C@@H](C(=O)N3C[C@@H](C(=O)NCc4ccccc4)Oc4ccccc43)C2)c1. The summed E-state index contributed by atoms with van der Waals surface area (Å²) in [5.74, 6) is -0.179. The van der Waals surface area contributed by atoms with Crippen LogP contribution in [0.3, 0.4) is 0 Å². The van der Waals surface area contributed by atoms with Gasteiger partial charge in [-0.15, -0.1) is 0 Å². The van der Waals surface area contributed by atoms with Crippen molar-refractivity contribution in [2.75, 3.05) is 38.8 Å². The Bertz CT molecular complexity index is 1510. The van der Waals surface area contributed by atoms with Gasteiger partial charge in [0.2, 0.25) is 15.9 Å². The molecule has 216 valence electrons. The summed E-state index contributed by atoms with van der Waals surface area (Å²) >= 11 is 0. The van der Waals surface area contributed by atoms with Crippen molar-refractivity contribution in [3.05, 3.63) is 78.4 Å². The molecule has 0 radical (unpaired) electrons. The Morgan fingerprint density at radius 3 is 2.49 bits per heavy atom. The summed E-state index contributed by atoms with van der Waals surface area (Å²) in [7, 11) is -1.11. The molecule has 10 nitrogen and oxygen atoms in total. The zero-order chi connectivity index (χ0) is 29.0. The number of hydrogen-bond donors (Lipinski definition) is 1. The van der Waals surface area contributed by atoms with Gasteiger partial charge in [-0.3, -0.25) is 9.59 Å². The van der Waals surface area contributed by atoms with Crippen molar-refractivity contribution in [1.82, 2.24) is 9.62 Å². The number of para-hydroxylation sites is 2. The van der Waals surface area contributed by atoms with E-state index in [9.17, 15) is 18.0 Å². The van der Waals surface area contributed by atoms with Crippen LogP contribution in [0.2, 0.25) is 0 Å². The van der Waals surface area contributed by atoms with Crippen LogP contribution in [0.1, 0.15) is 18.4 Å². The Kier molecular flexibility index (Phi) is 8.46. The van der Waals surface area contributed by atoms with Crippen molar-refractivity contribution in [2.45, 2.75) is 30.4 Å². The second-order valence-electron chi connectivity index (χ2n) is 9.95. The van der Waals surface area contributed by atoms with E-state index < -0.39 is 22.0 Å². The van der Waals surface area contributed by atoms with Crippen molar-refractivity contribution < 1.29 is 32.2 Å². The van der Waals surface area contributed by atoms with Crippen LogP contribution in [-0.4, -0.2) is 64.5 Å².